The van der Waals surface area contributed by atoms with Gasteiger partial charge in [0.2, 0.25) is 0 Å². The molecule has 0 unspecified atom stereocenters. The van der Waals surface area contributed by atoms with Gasteiger partial charge in [0, 0.05) is 17.7 Å². The van der Waals surface area contributed by atoms with Crippen LogP contribution in [0.25, 0.3) is 0 Å². The molecule has 2 atom stereocenters. The minimum Gasteiger partial charge on any atom is -0.359 e. The molecule has 3 aromatic rings. The second kappa shape index (κ2) is 8.31. The van der Waals surface area contributed by atoms with Crippen LogP contribution in [-0.4, -0.2) is 26.2 Å². The fraction of sp³-hybridized carbons (Fsp3) is 0.200. The molecule has 0 heterocycles. The van der Waals surface area contributed by atoms with Gasteiger partial charge in [0.25, 0.3) is 0 Å². The Morgan fingerprint density at radius 3 is 1.97 bits per heavy atom. The van der Waals surface area contributed by atoms with Crippen molar-refractivity contribution in [2.75, 3.05) is 20.5 Å². The van der Waals surface area contributed by atoms with Gasteiger partial charge in [-0.25, -0.2) is 4.39 Å². The predicted octanol–water partition coefficient (Wildman–Crippen LogP) is 4.64. The first-order chi connectivity index (χ1) is 14.5. The van der Waals surface area contributed by atoms with Crippen LogP contribution in [0.3, 0.4) is 0 Å². The molecule has 0 spiro atoms. The van der Waals surface area contributed by atoms with E-state index in [9.17, 15) is 8.96 Å². The number of hydrogen-bond donors (Lipinski definition) is 0. The molecule has 5 heteroatoms. The van der Waals surface area contributed by atoms with Gasteiger partial charge >= 0.3 is 0 Å². The molecule has 0 bridgehead atoms. The van der Waals surface area contributed by atoms with Crippen LogP contribution in [0.2, 0.25) is 0 Å². The molecule has 30 heavy (non-hydrogen) atoms. The summed E-state index contributed by atoms with van der Waals surface area (Å²) in [4.78, 5) is 0. The minimum atomic E-state index is -3.10. The number of rotatable bonds is 8. The topological polar surface area (TPSA) is 35.5 Å². The lowest BCUT2D eigenvalue weighted by atomic mass is 9.96. The summed E-state index contributed by atoms with van der Waals surface area (Å²) in [6, 6.07) is 25.4. The average Bonchev–Trinajstić information content (AvgIpc) is 3.40. The van der Waals surface area contributed by atoms with E-state index in [-0.39, 0.29) is 24.9 Å². The molecule has 3 aromatic carbocycles. The Labute approximate surface area is 176 Å². The van der Waals surface area contributed by atoms with Crippen LogP contribution < -0.4 is 10.6 Å². The number of halogens is 1. The lowest BCUT2D eigenvalue weighted by Crippen LogP contribution is -2.27. The summed E-state index contributed by atoms with van der Waals surface area (Å²) in [5.74, 6) is -0.316. The highest BCUT2D eigenvalue weighted by atomic mass is 31.2. The summed E-state index contributed by atoms with van der Waals surface area (Å²) in [5, 5.41) is 1.55. The Balaban J connectivity index is 1.87. The molecule has 0 radical (unpaired) electrons. The third-order valence-electron chi connectivity index (χ3n) is 5.82. The van der Waals surface area contributed by atoms with Gasteiger partial charge in [-0.05, 0) is 17.7 Å². The fourth-order valence-corrected chi connectivity index (χ4v) is 8.06. The van der Waals surface area contributed by atoms with E-state index in [1.54, 1.807) is 19.2 Å². The lowest BCUT2D eigenvalue weighted by molar-refractivity contribution is -0.0371. The van der Waals surface area contributed by atoms with Crippen molar-refractivity contribution in [2.24, 2.45) is 0 Å². The second-order valence-electron chi connectivity index (χ2n) is 7.49. The van der Waals surface area contributed by atoms with Crippen LogP contribution in [0.5, 0.6) is 0 Å². The minimum absolute atomic E-state index is 0.115. The van der Waals surface area contributed by atoms with Gasteiger partial charge < -0.3 is 14.0 Å². The molecule has 0 aromatic heterocycles. The van der Waals surface area contributed by atoms with Crippen LogP contribution in [-0.2, 0) is 19.5 Å². The first-order valence-corrected chi connectivity index (χ1v) is 11.6. The highest BCUT2D eigenvalue weighted by Gasteiger charge is 2.67. The van der Waals surface area contributed by atoms with E-state index in [0.29, 0.717) is 0 Å². The van der Waals surface area contributed by atoms with Crippen LogP contribution in [0.15, 0.2) is 97.1 Å². The number of benzene rings is 3. The summed E-state index contributed by atoms with van der Waals surface area (Å²) < 4.78 is 39.3. The normalized spacial score (nSPS) is 20.9. The van der Waals surface area contributed by atoms with E-state index in [1.807, 2.05) is 60.7 Å². The standard InChI is InChI=1S/C25H24FO3P/c1-19-24(25(19,17-29-18-28-2)20-13-15-21(26)16-14-20)30(27,22-9-5-3-6-10-22)23-11-7-4-8-12-23/h3-16,24H,1,17-18H2,2H3/t24-,25+/m1/s1. The quantitative estimate of drug-likeness (QED) is 0.230. The largest absolute Gasteiger partial charge is 0.359 e. The van der Waals surface area contributed by atoms with E-state index < -0.39 is 12.6 Å². The first-order valence-electron chi connectivity index (χ1n) is 9.78. The van der Waals surface area contributed by atoms with Gasteiger partial charge in [-0.1, -0.05) is 84.9 Å². The maximum atomic E-state index is 14.9. The van der Waals surface area contributed by atoms with Gasteiger partial charge in [-0.2, -0.15) is 0 Å². The summed E-state index contributed by atoms with van der Waals surface area (Å²) in [5.41, 5.74) is 0.661. The Bertz CT molecular complexity index is 1020. The molecular weight excluding hydrogens is 398 g/mol. The smallest absolute Gasteiger partial charge is 0.151 e. The molecule has 1 aliphatic carbocycles. The molecular formula is C25H24FO3P. The second-order valence-corrected chi connectivity index (χ2v) is 10.4. The molecule has 0 saturated heterocycles. The van der Waals surface area contributed by atoms with E-state index in [0.717, 1.165) is 21.7 Å². The van der Waals surface area contributed by atoms with Crippen LogP contribution in [0, 0.1) is 5.82 Å². The van der Waals surface area contributed by atoms with E-state index >= 15 is 0 Å². The molecule has 1 fully saturated rings. The lowest BCUT2D eigenvalue weighted by Gasteiger charge is -2.24. The fourth-order valence-electron chi connectivity index (χ4n) is 4.33. The summed E-state index contributed by atoms with van der Waals surface area (Å²) in [6.45, 7) is 4.69. The van der Waals surface area contributed by atoms with E-state index in [2.05, 4.69) is 6.58 Å². The van der Waals surface area contributed by atoms with Crippen molar-refractivity contribution >= 4 is 17.8 Å². The SMILES string of the molecule is C=C1[C@@H](P(=O)(c2ccccc2)c2ccccc2)[C@]1(COCOC)c1ccc(F)cc1. The van der Waals surface area contributed by atoms with Gasteiger partial charge in [0.15, 0.2) is 7.14 Å². The number of hydrogen-bond acceptors (Lipinski definition) is 3. The third-order valence-corrected chi connectivity index (χ3v) is 9.43. The Hall–Kier alpha value is -2.52. The summed E-state index contributed by atoms with van der Waals surface area (Å²) in [6.07, 6.45) is 0. The highest BCUT2D eigenvalue weighted by Crippen LogP contribution is 2.71. The maximum Gasteiger partial charge on any atom is 0.151 e. The van der Waals surface area contributed by atoms with Gasteiger partial charge in [0.05, 0.1) is 17.7 Å². The molecule has 3 nitrogen and oxygen atoms in total. The molecule has 0 N–H and O–H groups in total. The van der Waals surface area contributed by atoms with Gasteiger partial charge in [-0.3, -0.25) is 0 Å². The number of ether oxygens (including phenoxy) is 2. The third kappa shape index (κ3) is 3.35. The zero-order valence-electron chi connectivity index (χ0n) is 16.8. The monoisotopic (exact) mass is 422 g/mol. The van der Waals surface area contributed by atoms with E-state index in [4.69, 9.17) is 9.47 Å². The van der Waals surface area contributed by atoms with Crippen molar-refractivity contribution in [1.82, 2.24) is 0 Å². The zero-order chi connectivity index (χ0) is 21.2. The van der Waals surface area contributed by atoms with Gasteiger partial charge in [-0.15, -0.1) is 0 Å². The molecule has 4 rings (SSSR count). The molecule has 0 amide bonds. The van der Waals surface area contributed by atoms with Crippen molar-refractivity contribution in [3.05, 3.63) is 108 Å². The van der Waals surface area contributed by atoms with Crippen molar-refractivity contribution in [1.29, 1.82) is 0 Å². The van der Waals surface area contributed by atoms with Crippen molar-refractivity contribution < 1.29 is 18.4 Å². The van der Waals surface area contributed by atoms with Crippen molar-refractivity contribution in [3.63, 3.8) is 0 Å². The molecule has 0 aliphatic heterocycles. The predicted molar refractivity (Wildman–Crippen MR) is 119 cm³/mol. The van der Waals surface area contributed by atoms with Crippen LogP contribution in [0.4, 0.5) is 4.39 Å². The average molecular weight is 422 g/mol. The molecule has 1 aliphatic rings. The number of methoxy groups -OCH3 is 1. The molecule has 1 saturated carbocycles. The van der Waals surface area contributed by atoms with E-state index in [1.165, 1.54) is 12.1 Å². The molecule has 154 valence electrons. The highest BCUT2D eigenvalue weighted by molar-refractivity contribution is 7.80. The summed E-state index contributed by atoms with van der Waals surface area (Å²) in [7, 11) is -1.54. The van der Waals surface area contributed by atoms with Crippen LogP contribution >= 0.6 is 7.14 Å². The Kier molecular flexibility index (Phi) is 5.75. The van der Waals surface area contributed by atoms with Crippen LogP contribution in [0.1, 0.15) is 5.56 Å². The van der Waals surface area contributed by atoms with Crippen molar-refractivity contribution in [3.8, 4) is 0 Å². The Morgan fingerprint density at radius 2 is 1.47 bits per heavy atom. The Morgan fingerprint density at radius 1 is 0.933 bits per heavy atom. The first kappa shape index (κ1) is 20.7. The zero-order valence-corrected chi connectivity index (χ0v) is 17.7. The van der Waals surface area contributed by atoms with Gasteiger partial charge in [0.1, 0.15) is 12.6 Å². The maximum absolute atomic E-state index is 14.9. The summed E-state index contributed by atoms with van der Waals surface area (Å²) >= 11 is 0. The van der Waals surface area contributed by atoms with Crippen molar-refractivity contribution in [2.45, 2.75) is 11.1 Å².